The third kappa shape index (κ3) is 32.0. The Hall–Kier alpha value is -9.04. The van der Waals surface area contributed by atoms with Crippen LogP contribution in [0.5, 0.6) is 0 Å². The number of hydrogen-bond acceptors (Lipinski definition) is 18. The minimum atomic E-state index is -1.69. The highest BCUT2D eigenvalue weighted by molar-refractivity contribution is 7.80. The third-order valence-electron chi connectivity index (χ3n) is 17.4. The van der Waals surface area contributed by atoms with Gasteiger partial charge in [0.05, 0.1) is 25.7 Å². The van der Waals surface area contributed by atoms with E-state index in [1.165, 1.54) is 0 Å². The second-order valence-electron chi connectivity index (χ2n) is 26.6. The topological polar surface area (TPSA) is 491 Å². The summed E-state index contributed by atoms with van der Waals surface area (Å²) in [5.74, 6) is -12.0. The zero-order valence-corrected chi connectivity index (χ0v) is 61.5. The number of thiol groups is 1. The Labute approximate surface area is 609 Å². The van der Waals surface area contributed by atoms with Gasteiger partial charge in [0.25, 0.3) is 0 Å². The van der Waals surface area contributed by atoms with Gasteiger partial charge in [0.1, 0.15) is 60.4 Å². The molecule has 3 aromatic rings. The van der Waals surface area contributed by atoms with E-state index < -0.39 is 175 Å². The van der Waals surface area contributed by atoms with Crippen molar-refractivity contribution in [3.05, 3.63) is 108 Å². The summed E-state index contributed by atoms with van der Waals surface area (Å²) in [5.41, 5.74) is 24.8. The van der Waals surface area contributed by atoms with Crippen LogP contribution in [0.4, 0.5) is 0 Å². The molecule has 570 valence electrons. The molecule has 3 aromatic carbocycles. The Kier molecular flexibility index (Phi) is 40.5. The number of aliphatic hydroxyl groups is 1. The third-order valence-corrected chi connectivity index (χ3v) is 17.7. The number of carbonyl (C=O) groups excluding carboxylic acids is 13. The number of carbonyl (C=O) groups is 13. The summed E-state index contributed by atoms with van der Waals surface area (Å²) in [4.78, 5) is 180. The van der Waals surface area contributed by atoms with Gasteiger partial charge in [-0.25, -0.2) is 0 Å². The van der Waals surface area contributed by atoms with Gasteiger partial charge in [0.15, 0.2) is 0 Å². The van der Waals surface area contributed by atoms with Crippen molar-refractivity contribution in [1.82, 2.24) is 63.8 Å². The predicted octanol–water partition coefficient (Wildman–Crippen LogP) is -1.42. The molecule has 0 bridgehead atoms. The first-order valence-electron chi connectivity index (χ1n) is 35.4. The smallest absolute Gasteiger partial charge is 0.245 e. The number of benzene rings is 3. The zero-order chi connectivity index (χ0) is 76.7. The molecular weight excluding hydrogens is 1340 g/mol. The van der Waals surface area contributed by atoms with Crippen molar-refractivity contribution in [2.24, 2.45) is 46.6 Å². The Morgan fingerprint density at radius 3 is 1.19 bits per heavy atom. The molecule has 0 aliphatic heterocycles. The van der Waals surface area contributed by atoms with Crippen LogP contribution in [0.25, 0.3) is 0 Å². The second-order valence-corrected chi connectivity index (χ2v) is 27.0. The van der Waals surface area contributed by atoms with Crippen LogP contribution in [0.15, 0.2) is 91.0 Å². The predicted molar refractivity (Wildman–Crippen MR) is 393 cm³/mol. The van der Waals surface area contributed by atoms with Gasteiger partial charge < -0.3 is 91.8 Å². The molecule has 0 unspecified atom stereocenters. The molecule has 0 heterocycles. The SMILES string of the molecule is CC[C@H](C)[C@H](N)C(=O)N[C@H](C(=O)N[C@@H](Cc1ccccc1)C(=O)N[C@@H](CC(C)C)C(=O)N[C@H](C(=O)N[C@@H](CO)C(=O)NCC(=O)N[C@@H](Cc1ccccc1)C(=O)N[C@@H](CCCCN)C(=O)N[C@@H](CS)C(=O)N[C@@H](Cc1ccccc1)C(=O)N[C@@H](CCCCN)C(=O)NCC(N)=O)[C@@H](C)CC)C(C)C. The number of aliphatic hydroxyl groups excluding tert-OH is 1. The fraction of sp³-hybridized carbons (Fsp3) is 0.569. The number of unbranched alkanes of at least 4 members (excludes halogenated alkanes) is 2. The van der Waals surface area contributed by atoms with Crippen LogP contribution < -0.4 is 86.7 Å². The van der Waals surface area contributed by atoms with Gasteiger partial charge in [0, 0.05) is 25.0 Å². The Balaban J connectivity index is 1.83. The zero-order valence-electron chi connectivity index (χ0n) is 60.6. The molecule has 0 aliphatic rings. The maximum Gasteiger partial charge on any atom is 0.245 e. The van der Waals surface area contributed by atoms with Crippen molar-refractivity contribution >= 4 is 89.4 Å². The molecule has 0 spiro atoms. The minimum absolute atomic E-state index is 0.000128. The summed E-state index contributed by atoms with van der Waals surface area (Å²) in [5, 5.41) is 42.1. The van der Waals surface area contributed by atoms with Crippen LogP contribution in [-0.4, -0.2) is 187 Å². The highest BCUT2D eigenvalue weighted by Gasteiger charge is 2.38. The lowest BCUT2D eigenvalue weighted by atomic mass is 9.96. The number of nitrogens with two attached hydrogens (primary N) is 4. The quantitative estimate of drug-likeness (QED) is 0.0228. The van der Waals surface area contributed by atoms with Crippen LogP contribution in [0.2, 0.25) is 0 Å². The molecule has 0 saturated carbocycles. The van der Waals surface area contributed by atoms with Crippen LogP contribution >= 0.6 is 12.6 Å². The first-order valence-corrected chi connectivity index (χ1v) is 36.0. The van der Waals surface area contributed by atoms with Gasteiger partial charge in [-0.2, -0.15) is 12.6 Å². The molecule has 103 heavy (non-hydrogen) atoms. The first-order chi connectivity index (χ1) is 49.0. The number of rotatable bonds is 48. The van der Waals surface area contributed by atoms with Gasteiger partial charge >= 0.3 is 0 Å². The fourth-order valence-corrected chi connectivity index (χ4v) is 11.0. The van der Waals surface area contributed by atoms with Gasteiger partial charge in [-0.15, -0.1) is 0 Å². The van der Waals surface area contributed by atoms with E-state index in [1.54, 1.807) is 119 Å². The van der Waals surface area contributed by atoms with E-state index in [1.807, 2.05) is 27.7 Å². The van der Waals surface area contributed by atoms with E-state index in [0.717, 1.165) is 0 Å². The van der Waals surface area contributed by atoms with Crippen molar-refractivity contribution < 1.29 is 67.4 Å². The molecule has 30 nitrogen and oxygen atoms in total. The second kappa shape index (κ2) is 47.3. The summed E-state index contributed by atoms with van der Waals surface area (Å²) < 4.78 is 0. The highest BCUT2D eigenvalue weighted by atomic mass is 32.1. The average molecular weight is 1460 g/mol. The molecule has 0 saturated heterocycles. The molecule has 0 radical (unpaired) electrons. The summed E-state index contributed by atoms with van der Waals surface area (Å²) in [6.45, 7) is 12.5. The molecule has 13 atom stereocenters. The number of primary amides is 1. The van der Waals surface area contributed by atoms with Gasteiger partial charge in [-0.3, -0.25) is 62.3 Å². The minimum Gasteiger partial charge on any atom is -0.394 e. The average Bonchev–Trinajstić information content (AvgIpc) is 0.858. The highest BCUT2D eigenvalue weighted by Crippen LogP contribution is 2.16. The van der Waals surface area contributed by atoms with E-state index in [-0.39, 0.29) is 62.7 Å². The maximum absolute atomic E-state index is 14.5. The van der Waals surface area contributed by atoms with Crippen molar-refractivity contribution in [2.75, 3.05) is 38.5 Å². The molecule has 21 N–H and O–H groups in total. The largest absolute Gasteiger partial charge is 0.394 e. The fourth-order valence-electron chi connectivity index (χ4n) is 10.8. The van der Waals surface area contributed by atoms with E-state index >= 15 is 0 Å². The van der Waals surface area contributed by atoms with Crippen LogP contribution in [0, 0.1) is 23.7 Å². The summed E-state index contributed by atoms with van der Waals surface area (Å²) >= 11 is 4.36. The van der Waals surface area contributed by atoms with Gasteiger partial charge in [-0.1, -0.05) is 159 Å². The molecule has 0 aromatic heterocycles. The molecule has 13 amide bonds. The Bertz CT molecular complexity index is 3210. The van der Waals surface area contributed by atoms with Gasteiger partial charge in [-0.05, 0) is 98.4 Å². The molecule has 31 heteroatoms. The number of amides is 13. The molecule has 3 rings (SSSR count). The van der Waals surface area contributed by atoms with Crippen molar-refractivity contribution in [1.29, 1.82) is 0 Å². The summed E-state index contributed by atoms with van der Waals surface area (Å²) in [7, 11) is 0. The summed E-state index contributed by atoms with van der Waals surface area (Å²) in [6, 6.07) is 11.8. The summed E-state index contributed by atoms with van der Waals surface area (Å²) in [6.07, 6.45) is 2.63. The van der Waals surface area contributed by atoms with E-state index in [9.17, 15) is 67.4 Å². The monoisotopic (exact) mass is 1460 g/mol. The van der Waals surface area contributed by atoms with E-state index in [4.69, 9.17) is 22.9 Å². The van der Waals surface area contributed by atoms with Crippen LogP contribution in [-0.2, 0) is 81.6 Å². The lowest BCUT2D eigenvalue weighted by molar-refractivity contribution is -0.136. The maximum atomic E-state index is 14.5. The van der Waals surface area contributed by atoms with Crippen molar-refractivity contribution in [3.8, 4) is 0 Å². The van der Waals surface area contributed by atoms with E-state index in [0.29, 0.717) is 61.8 Å². The number of nitrogens with one attached hydrogen (secondary N) is 12. The van der Waals surface area contributed by atoms with Gasteiger partial charge in [0.2, 0.25) is 76.8 Å². The van der Waals surface area contributed by atoms with Crippen molar-refractivity contribution in [2.45, 2.75) is 199 Å². The lowest BCUT2D eigenvalue weighted by Crippen LogP contribution is -2.61. The van der Waals surface area contributed by atoms with Crippen LogP contribution in [0.3, 0.4) is 0 Å². The Morgan fingerprint density at radius 1 is 0.408 bits per heavy atom. The Morgan fingerprint density at radius 2 is 0.767 bits per heavy atom. The standard InChI is InChI=1S/C72H112N16O14S/c1-9-44(7)59(76)70(100)87-60(43(5)6)71(101)84-54(37-48-28-18-13-19-29-48)67(97)82-51(34-42(3)4)68(98)88-61(45(8)10-2)72(102)85-55(40-89)63(93)78-39-58(91)79-52(35-46-24-14-11-15-25-46)65(95)81-50(31-21-23-33-74)64(94)86-56(41-103)69(99)83-53(36-47-26-16-12-17-27-47)66(96)80-49(30-20-22-32-73)62(92)77-38-57(75)90/h11-19,24-29,42-45,49-56,59-61,89,103H,9-10,20-23,30-41,73-74,76H2,1-8H3,(H2,75,90)(H,77,92)(H,78,93)(H,79,91)(H,80,96)(H,81,95)(H,82,97)(H,83,99)(H,84,101)(H,85,102)(H,86,94)(H,87,100)(H,88,98)/t44-,45-,49-,50-,51-,52-,53-,54-,55-,56-,59-,60-,61-/m0/s1. The van der Waals surface area contributed by atoms with Crippen LogP contribution in [0.1, 0.15) is 130 Å². The van der Waals surface area contributed by atoms with Crippen molar-refractivity contribution in [3.63, 3.8) is 0 Å². The molecular formula is C72H112N16O14S. The first kappa shape index (κ1) is 88.2. The normalized spacial score (nSPS) is 15.0. The number of hydrogen-bond donors (Lipinski definition) is 18. The lowest BCUT2D eigenvalue weighted by Gasteiger charge is -2.30. The van der Waals surface area contributed by atoms with E-state index in [2.05, 4.69) is 76.4 Å². The molecule has 0 aliphatic carbocycles. The molecule has 0 fully saturated rings.